The van der Waals surface area contributed by atoms with Crippen LogP contribution in [0.25, 0.3) is 0 Å². The standard InChI is InChI=1S/C21H38N2O3.C7H12O3/c1-4-6-8-9-10-11-16-23-20(24)14-12-13-19(3)21(25)26-18-17-22-15-7-5-2;1-6(7(9)10)4-2-3-5-8/h12,14,22H,3-11,13,15-18H2,1-2H3,(H,23,24);8H,1-5H2,(H,9,10). The van der Waals surface area contributed by atoms with Crippen LogP contribution in [-0.2, 0) is 19.1 Å². The van der Waals surface area contributed by atoms with Gasteiger partial charge in [-0.25, -0.2) is 9.59 Å². The summed E-state index contributed by atoms with van der Waals surface area (Å²) >= 11 is 0. The van der Waals surface area contributed by atoms with Gasteiger partial charge in [0.15, 0.2) is 0 Å². The van der Waals surface area contributed by atoms with E-state index in [0.717, 1.165) is 32.2 Å². The number of rotatable bonds is 22. The first-order valence-corrected chi connectivity index (χ1v) is 13.3. The SMILES string of the molecule is C=C(CC=CC(=O)NCCCCCCCC)C(=O)OCCNCCCC.C=C(CCCCO)C(=O)O. The van der Waals surface area contributed by atoms with Gasteiger partial charge in [0.25, 0.3) is 0 Å². The average Bonchev–Trinajstić information content (AvgIpc) is 2.85. The molecule has 36 heavy (non-hydrogen) atoms. The van der Waals surface area contributed by atoms with Crippen molar-refractivity contribution in [1.82, 2.24) is 10.6 Å². The summed E-state index contributed by atoms with van der Waals surface area (Å²) in [6, 6.07) is 0. The third-order valence-electron chi connectivity index (χ3n) is 5.16. The highest BCUT2D eigenvalue weighted by Gasteiger charge is 2.06. The number of aliphatic carboxylic acids is 1. The number of aliphatic hydroxyl groups excluding tert-OH is 1. The number of unbranched alkanes of at least 4 members (excludes halogenated alkanes) is 7. The molecule has 208 valence electrons. The van der Waals surface area contributed by atoms with Crippen molar-refractivity contribution >= 4 is 17.8 Å². The molecule has 0 rings (SSSR count). The van der Waals surface area contributed by atoms with Crippen LogP contribution in [0.2, 0.25) is 0 Å². The predicted molar refractivity (Wildman–Crippen MR) is 146 cm³/mol. The molecule has 0 aromatic heterocycles. The lowest BCUT2D eigenvalue weighted by molar-refractivity contribution is -0.139. The first kappa shape index (κ1) is 35.7. The Morgan fingerprint density at radius 1 is 0.833 bits per heavy atom. The van der Waals surface area contributed by atoms with Crippen LogP contribution >= 0.6 is 0 Å². The topological polar surface area (TPSA) is 125 Å². The first-order valence-electron chi connectivity index (χ1n) is 13.3. The van der Waals surface area contributed by atoms with E-state index >= 15 is 0 Å². The Labute approximate surface area is 218 Å². The number of hydrogen-bond donors (Lipinski definition) is 4. The van der Waals surface area contributed by atoms with Crippen LogP contribution in [0, 0.1) is 0 Å². The van der Waals surface area contributed by atoms with Crippen LogP contribution in [0.3, 0.4) is 0 Å². The molecule has 0 aliphatic carbocycles. The maximum atomic E-state index is 11.7. The lowest BCUT2D eigenvalue weighted by Crippen LogP contribution is -2.23. The Bertz CT molecular complexity index is 646. The molecule has 0 aliphatic heterocycles. The van der Waals surface area contributed by atoms with E-state index in [1.54, 1.807) is 6.08 Å². The summed E-state index contributed by atoms with van der Waals surface area (Å²) in [5.74, 6) is -1.47. The highest BCUT2D eigenvalue weighted by molar-refractivity contribution is 5.89. The van der Waals surface area contributed by atoms with Gasteiger partial charge in [0.2, 0.25) is 5.91 Å². The van der Waals surface area contributed by atoms with Gasteiger partial charge in [0, 0.05) is 30.8 Å². The average molecular weight is 511 g/mol. The maximum absolute atomic E-state index is 11.7. The number of carbonyl (C=O) groups excluding carboxylic acids is 2. The fraction of sp³-hybridized carbons (Fsp3) is 0.679. The number of carboxylic acids is 1. The molecular formula is C28H50N2O6. The molecule has 8 heteroatoms. The lowest BCUT2D eigenvalue weighted by atomic mass is 10.1. The van der Waals surface area contributed by atoms with Gasteiger partial charge in [-0.2, -0.15) is 0 Å². The number of nitrogens with one attached hydrogen (secondary N) is 2. The number of carbonyl (C=O) groups is 3. The van der Waals surface area contributed by atoms with Crippen molar-refractivity contribution in [2.75, 3.05) is 32.8 Å². The predicted octanol–water partition coefficient (Wildman–Crippen LogP) is 4.69. The highest BCUT2D eigenvalue weighted by atomic mass is 16.5. The van der Waals surface area contributed by atoms with Crippen LogP contribution in [0.1, 0.15) is 90.9 Å². The van der Waals surface area contributed by atoms with Crippen molar-refractivity contribution in [1.29, 1.82) is 0 Å². The summed E-state index contributed by atoms with van der Waals surface area (Å²) in [6.07, 6.45) is 14.7. The zero-order valence-electron chi connectivity index (χ0n) is 22.6. The third-order valence-corrected chi connectivity index (χ3v) is 5.16. The Morgan fingerprint density at radius 3 is 2.14 bits per heavy atom. The van der Waals surface area contributed by atoms with Crippen LogP contribution in [0.5, 0.6) is 0 Å². The Hall–Kier alpha value is -2.45. The fourth-order valence-corrected chi connectivity index (χ4v) is 2.87. The minimum Gasteiger partial charge on any atom is -0.478 e. The number of allylic oxidation sites excluding steroid dienone is 1. The van der Waals surface area contributed by atoms with E-state index in [0.29, 0.717) is 51.0 Å². The van der Waals surface area contributed by atoms with Crippen LogP contribution < -0.4 is 10.6 Å². The van der Waals surface area contributed by atoms with E-state index < -0.39 is 11.9 Å². The van der Waals surface area contributed by atoms with Gasteiger partial charge in [-0.15, -0.1) is 0 Å². The van der Waals surface area contributed by atoms with E-state index in [4.69, 9.17) is 14.9 Å². The Morgan fingerprint density at radius 2 is 1.50 bits per heavy atom. The minimum atomic E-state index is -0.946. The number of carboxylic acid groups (broad SMARTS) is 1. The maximum Gasteiger partial charge on any atom is 0.333 e. The van der Waals surface area contributed by atoms with Gasteiger partial charge >= 0.3 is 11.9 Å². The molecule has 0 fully saturated rings. The van der Waals surface area contributed by atoms with Crippen molar-refractivity contribution in [3.8, 4) is 0 Å². The molecule has 0 aromatic rings. The van der Waals surface area contributed by atoms with Gasteiger partial charge in [-0.1, -0.05) is 71.6 Å². The van der Waals surface area contributed by atoms with Gasteiger partial charge in [0.05, 0.1) is 0 Å². The van der Waals surface area contributed by atoms with Gasteiger partial charge < -0.3 is 25.6 Å². The molecule has 0 aromatic carbocycles. The normalized spacial score (nSPS) is 10.4. The number of ether oxygens (including phenoxy) is 1. The molecule has 0 saturated heterocycles. The van der Waals surface area contributed by atoms with Gasteiger partial charge in [-0.05, 0) is 51.1 Å². The Kier molecular flexibility index (Phi) is 26.9. The van der Waals surface area contributed by atoms with Crippen LogP contribution in [0.4, 0.5) is 0 Å². The molecule has 0 unspecified atom stereocenters. The molecule has 0 heterocycles. The molecule has 1 amide bonds. The molecule has 0 bridgehead atoms. The lowest BCUT2D eigenvalue weighted by Gasteiger charge is -2.06. The second kappa shape index (κ2) is 27.1. The van der Waals surface area contributed by atoms with Crippen LogP contribution in [0.15, 0.2) is 36.5 Å². The quantitative estimate of drug-likeness (QED) is 0.0946. The van der Waals surface area contributed by atoms with Crippen molar-refractivity contribution in [3.05, 3.63) is 36.5 Å². The number of amides is 1. The smallest absolute Gasteiger partial charge is 0.333 e. The zero-order valence-corrected chi connectivity index (χ0v) is 22.6. The molecule has 4 N–H and O–H groups in total. The van der Waals surface area contributed by atoms with Gasteiger partial charge in [-0.3, -0.25) is 4.79 Å². The summed E-state index contributed by atoms with van der Waals surface area (Å²) in [4.78, 5) is 33.5. The molecule has 8 nitrogen and oxygen atoms in total. The van der Waals surface area contributed by atoms with Crippen molar-refractivity contribution in [2.45, 2.75) is 90.9 Å². The largest absolute Gasteiger partial charge is 0.478 e. The molecular weight excluding hydrogens is 460 g/mol. The molecule has 0 radical (unpaired) electrons. The second-order valence-corrected chi connectivity index (χ2v) is 8.60. The number of hydrogen-bond acceptors (Lipinski definition) is 6. The second-order valence-electron chi connectivity index (χ2n) is 8.60. The van der Waals surface area contributed by atoms with Gasteiger partial charge in [0.1, 0.15) is 6.61 Å². The minimum absolute atomic E-state index is 0.118. The van der Waals surface area contributed by atoms with Crippen molar-refractivity contribution in [2.24, 2.45) is 0 Å². The monoisotopic (exact) mass is 510 g/mol. The number of esters is 1. The third kappa shape index (κ3) is 26.2. The molecule has 0 aliphatic rings. The summed E-state index contributed by atoms with van der Waals surface area (Å²) in [7, 11) is 0. The summed E-state index contributed by atoms with van der Waals surface area (Å²) in [5, 5.41) is 22.7. The van der Waals surface area contributed by atoms with Crippen LogP contribution in [-0.4, -0.2) is 60.9 Å². The van der Waals surface area contributed by atoms with E-state index in [-0.39, 0.29) is 18.1 Å². The summed E-state index contributed by atoms with van der Waals surface area (Å²) in [6.45, 7) is 14.1. The zero-order chi connectivity index (χ0) is 27.4. The number of aliphatic hydroxyl groups is 1. The highest BCUT2D eigenvalue weighted by Crippen LogP contribution is 2.05. The fourth-order valence-electron chi connectivity index (χ4n) is 2.87. The molecule has 0 spiro atoms. The Balaban J connectivity index is 0. The summed E-state index contributed by atoms with van der Waals surface area (Å²) < 4.78 is 5.13. The molecule has 0 saturated carbocycles. The van der Waals surface area contributed by atoms with E-state index in [9.17, 15) is 14.4 Å². The van der Waals surface area contributed by atoms with E-state index in [1.807, 2.05) is 0 Å². The first-order chi connectivity index (χ1) is 17.3. The van der Waals surface area contributed by atoms with E-state index in [2.05, 4.69) is 37.6 Å². The summed E-state index contributed by atoms with van der Waals surface area (Å²) in [5.41, 5.74) is 0.576. The van der Waals surface area contributed by atoms with Crippen molar-refractivity contribution < 1.29 is 29.3 Å². The molecule has 0 atom stereocenters. The van der Waals surface area contributed by atoms with E-state index in [1.165, 1.54) is 31.8 Å². The van der Waals surface area contributed by atoms with Crippen molar-refractivity contribution in [3.63, 3.8) is 0 Å².